The third-order valence-electron chi connectivity index (χ3n) is 2.51. The van der Waals surface area contributed by atoms with Gasteiger partial charge in [0.15, 0.2) is 6.61 Å². The van der Waals surface area contributed by atoms with Crippen LogP contribution < -0.4 is 15.4 Å². The van der Waals surface area contributed by atoms with Crippen molar-refractivity contribution in [3.8, 4) is 5.75 Å². The maximum atomic E-state index is 11.9. The highest BCUT2D eigenvalue weighted by Crippen LogP contribution is 2.26. The zero-order valence-electron chi connectivity index (χ0n) is 11.8. The maximum absolute atomic E-state index is 11.9. The fourth-order valence-electron chi connectivity index (χ4n) is 1.49. The molecule has 0 saturated carbocycles. The van der Waals surface area contributed by atoms with Crippen LogP contribution >= 0.6 is 0 Å². The van der Waals surface area contributed by atoms with Crippen LogP contribution in [-0.4, -0.2) is 36.2 Å². The molecule has 1 rings (SSSR count). The van der Waals surface area contributed by atoms with Gasteiger partial charge in [-0.1, -0.05) is 6.07 Å². The number of amides is 3. The zero-order chi connectivity index (χ0) is 17.6. The van der Waals surface area contributed by atoms with E-state index in [2.05, 4.69) is 0 Å². The van der Waals surface area contributed by atoms with Gasteiger partial charge in [0.1, 0.15) is 12.3 Å². The van der Waals surface area contributed by atoms with Crippen molar-refractivity contribution in [2.45, 2.75) is 13.1 Å². The van der Waals surface area contributed by atoms with Crippen molar-refractivity contribution < 1.29 is 32.4 Å². The Labute approximate surface area is 127 Å². The summed E-state index contributed by atoms with van der Waals surface area (Å²) < 4.78 is 40.6. The molecule has 0 atom stereocenters. The average molecular weight is 335 g/mol. The summed E-state index contributed by atoms with van der Waals surface area (Å²) in [4.78, 5) is 32.5. The topological polar surface area (TPSA) is 111 Å². The molecule has 0 aliphatic rings. The molecule has 23 heavy (non-hydrogen) atoms. The Morgan fingerprint density at radius 3 is 2.57 bits per heavy atom. The first-order valence-corrected chi connectivity index (χ1v) is 6.11. The largest absolute Gasteiger partial charge is 0.483 e. The first-order valence-electron chi connectivity index (χ1n) is 6.11. The Bertz CT molecular complexity index is 618. The van der Waals surface area contributed by atoms with Crippen molar-refractivity contribution in [3.05, 3.63) is 33.9 Å². The van der Waals surface area contributed by atoms with Gasteiger partial charge < -0.3 is 10.1 Å². The number of imide groups is 1. The number of hydrogen-bond donors (Lipinski definition) is 2. The average Bonchev–Trinajstić information content (AvgIpc) is 2.43. The van der Waals surface area contributed by atoms with Crippen molar-refractivity contribution in [1.29, 1.82) is 0 Å². The molecule has 0 spiro atoms. The summed E-state index contributed by atoms with van der Waals surface area (Å²) in [5.74, 6) is -0.958. The number of carbonyl (C=O) groups is 2. The van der Waals surface area contributed by atoms with Gasteiger partial charge in [-0.2, -0.15) is 13.2 Å². The molecule has 8 nitrogen and oxygen atoms in total. The van der Waals surface area contributed by atoms with Crippen molar-refractivity contribution in [2.75, 3.05) is 13.2 Å². The summed E-state index contributed by atoms with van der Waals surface area (Å²) >= 11 is 0. The van der Waals surface area contributed by atoms with E-state index in [4.69, 9.17) is 4.74 Å². The van der Waals surface area contributed by atoms with Crippen LogP contribution in [-0.2, 0) is 4.79 Å². The second kappa shape index (κ2) is 7.42. The molecule has 0 bridgehead atoms. The molecule has 0 aliphatic carbocycles. The Morgan fingerprint density at radius 2 is 2.00 bits per heavy atom. The number of rotatable bonds is 5. The van der Waals surface area contributed by atoms with Gasteiger partial charge in [0.05, 0.1) is 10.5 Å². The molecule has 2 N–H and O–H groups in total. The zero-order valence-corrected chi connectivity index (χ0v) is 11.8. The maximum Gasteiger partial charge on any atom is 0.405 e. The van der Waals surface area contributed by atoms with Crippen LogP contribution in [0.25, 0.3) is 0 Å². The van der Waals surface area contributed by atoms with E-state index < -0.39 is 36.2 Å². The summed E-state index contributed by atoms with van der Waals surface area (Å²) in [5, 5.41) is 13.8. The number of nitro benzene ring substituents is 1. The van der Waals surface area contributed by atoms with Crippen LogP contribution in [0.4, 0.5) is 23.7 Å². The quantitative estimate of drug-likeness (QED) is 0.628. The van der Waals surface area contributed by atoms with Crippen molar-refractivity contribution >= 4 is 17.6 Å². The number of hydrogen-bond acceptors (Lipinski definition) is 5. The Kier molecular flexibility index (Phi) is 5.87. The molecule has 1 aromatic rings. The number of nitro groups is 1. The molecule has 0 heterocycles. The van der Waals surface area contributed by atoms with E-state index >= 15 is 0 Å². The van der Waals surface area contributed by atoms with Crippen LogP contribution in [0.5, 0.6) is 5.75 Å². The van der Waals surface area contributed by atoms with Gasteiger partial charge >= 0.3 is 12.2 Å². The standard InChI is InChI=1S/C12H12F3N3O5/c1-7-8(18(21)22)3-2-4-9(7)23-5-10(19)17-11(20)16-6-12(13,14)15/h2-4H,5-6H2,1H3,(H2,16,17,19,20). The number of urea groups is 1. The third-order valence-corrected chi connectivity index (χ3v) is 2.51. The lowest BCUT2D eigenvalue weighted by Gasteiger charge is -2.10. The van der Waals surface area contributed by atoms with E-state index in [1.54, 1.807) is 5.32 Å². The van der Waals surface area contributed by atoms with Gasteiger partial charge in [-0.25, -0.2) is 4.79 Å². The lowest BCUT2D eigenvalue weighted by Crippen LogP contribution is -2.44. The highest BCUT2D eigenvalue weighted by atomic mass is 19.4. The predicted molar refractivity (Wildman–Crippen MR) is 70.9 cm³/mol. The lowest BCUT2D eigenvalue weighted by molar-refractivity contribution is -0.385. The van der Waals surface area contributed by atoms with Crippen molar-refractivity contribution in [1.82, 2.24) is 10.6 Å². The van der Waals surface area contributed by atoms with E-state index in [-0.39, 0.29) is 17.0 Å². The fourth-order valence-corrected chi connectivity index (χ4v) is 1.49. The van der Waals surface area contributed by atoms with Crippen LogP contribution in [0.3, 0.4) is 0 Å². The Hall–Kier alpha value is -2.85. The first kappa shape index (κ1) is 18.2. The van der Waals surface area contributed by atoms with Crippen LogP contribution in [0.15, 0.2) is 18.2 Å². The second-order valence-corrected chi connectivity index (χ2v) is 4.29. The minimum absolute atomic E-state index is 0.0463. The summed E-state index contributed by atoms with van der Waals surface area (Å²) in [5.41, 5.74) is -0.0438. The highest BCUT2D eigenvalue weighted by Gasteiger charge is 2.28. The minimum Gasteiger partial charge on any atom is -0.483 e. The summed E-state index contributed by atoms with van der Waals surface area (Å²) in [6.07, 6.45) is -4.60. The SMILES string of the molecule is Cc1c(OCC(=O)NC(=O)NCC(F)(F)F)cccc1[N+](=O)[O-]. The Balaban J connectivity index is 2.52. The smallest absolute Gasteiger partial charge is 0.405 e. The van der Waals surface area contributed by atoms with E-state index in [0.717, 1.165) is 0 Å². The van der Waals surface area contributed by atoms with E-state index in [9.17, 15) is 32.9 Å². The van der Waals surface area contributed by atoms with Gasteiger partial charge in [0.2, 0.25) is 0 Å². The van der Waals surface area contributed by atoms with E-state index in [1.165, 1.54) is 30.4 Å². The molecule has 0 radical (unpaired) electrons. The number of benzene rings is 1. The fraction of sp³-hybridized carbons (Fsp3) is 0.333. The van der Waals surface area contributed by atoms with Gasteiger partial charge in [0.25, 0.3) is 11.6 Å². The number of carbonyl (C=O) groups excluding carboxylic acids is 2. The third kappa shape index (κ3) is 6.20. The molecule has 0 aromatic heterocycles. The molecular formula is C12H12F3N3O5. The second-order valence-electron chi connectivity index (χ2n) is 4.29. The molecule has 11 heteroatoms. The molecule has 0 unspecified atom stereocenters. The normalized spacial score (nSPS) is 10.8. The highest BCUT2D eigenvalue weighted by molar-refractivity contribution is 5.95. The van der Waals surface area contributed by atoms with Crippen molar-refractivity contribution in [2.24, 2.45) is 0 Å². The van der Waals surface area contributed by atoms with Crippen molar-refractivity contribution in [3.63, 3.8) is 0 Å². The van der Waals surface area contributed by atoms with Crippen LogP contribution in [0, 0.1) is 17.0 Å². The molecule has 0 aliphatic heterocycles. The monoisotopic (exact) mass is 335 g/mol. The summed E-state index contributed by atoms with van der Waals surface area (Å²) in [7, 11) is 0. The van der Waals surface area contributed by atoms with Crippen LogP contribution in [0.2, 0.25) is 0 Å². The minimum atomic E-state index is -4.60. The van der Waals surface area contributed by atoms with Gasteiger partial charge in [-0.05, 0) is 13.0 Å². The first-order chi connectivity index (χ1) is 10.6. The molecule has 0 saturated heterocycles. The number of halogens is 3. The molecule has 3 amide bonds. The summed E-state index contributed by atoms with van der Waals surface area (Å²) in [6, 6.07) is 2.63. The predicted octanol–water partition coefficient (Wildman–Crippen LogP) is 1.67. The van der Waals surface area contributed by atoms with Gasteiger partial charge in [0, 0.05) is 6.07 Å². The lowest BCUT2D eigenvalue weighted by atomic mass is 10.2. The molecule has 126 valence electrons. The number of nitrogens with zero attached hydrogens (tertiary/aromatic N) is 1. The van der Waals surface area contributed by atoms with Crippen LogP contribution in [0.1, 0.15) is 5.56 Å². The van der Waals surface area contributed by atoms with E-state index in [1.807, 2.05) is 0 Å². The number of alkyl halides is 3. The Morgan fingerprint density at radius 1 is 1.35 bits per heavy atom. The molecular weight excluding hydrogens is 323 g/mol. The van der Waals surface area contributed by atoms with Gasteiger partial charge in [-0.15, -0.1) is 0 Å². The number of ether oxygens (including phenoxy) is 1. The van der Waals surface area contributed by atoms with Gasteiger partial charge in [-0.3, -0.25) is 20.2 Å². The molecule has 0 fully saturated rings. The number of nitrogens with one attached hydrogen (secondary N) is 2. The molecule has 1 aromatic carbocycles. The van der Waals surface area contributed by atoms with E-state index in [0.29, 0.717) is 0 Å². The summed E-state index contributed by atoms with van der Waals surface area (Å²) in [6.45, 7) is -0.875.